The molecule has 0 bridgehead atoms. The lowest BCUT2D eigenvalue weighted by molar-refractivity contribution is 0.0818. The molecule has 1 N–H and O–H groups in total. The van der Waals surface area contributed by atoms with Crippen LogP contribution in [-0.4, -0.2) is 38.9 Å². The molecular weight excluding hydrogens is 429 g/mol. The van der Waals surface area contributed by atoms with Gasteiger partial charge >= 0.3 is 0 Å². The van der Waals surface area contributed by atoms with Gasteiger partial charge in [-0.15, -0.1) is 5.10 Å². The second-order valence-corrected chi connectivity index (χ2v) is 7.13. The number of benzene rings is 1. The van der Waals surface area contributed by atoms with Crippen molar-refractivity contribution in [2.24, 2.45) is 5.16 Å². The van der Waals surface area contributed by atoms with Gasteiger partial charge in [0.1, 0.15) is 29.0 Å². The van der Waals surface area contributed by atoms with Gasteiger partial charge in [-0.25, -0.2) is 14.4 Å². The van der Waals surface area contributed by atoms with Crippen LogP contribution < -0.4 is 10.1 Å². The maximum Gasteiger partial charge on any atom is 0.270 e. The molecule has 0 spiro atoms. The highest BCUT2D eigenvalue weighted by atomic mass is 19.1. The van der Waals surface area contributed by atoms with E-state index in [1.807, 2.05) is 6.07 Å². The average Bonchev–Trinajstić information content (AvgIpc) is 3.33. The Morgan fingerprint density at radius 3 is 2.85 bits per heavy atom. The molecule has 11 heteroatoms. The SMILES string of the molecule is COc1cc(CNC(=O)c2cc(C3=NOC(c4ccc(C#N)nn4)C3)nc(C)n2)ccc1F. The molecule has 4 rings (SSSR count). The molecule has 0 radical (unpaired) electrons. The number of methoxy groups -OCH3 is 1. The molecule has 1 aliphatic rings. The van der Waals surface area contributed by atoms with Gasteiger partial charge in [0.25, 0.3) is 5.91 Å². The summed E-state index contributed by atoms with van der Waals surface area (Å²) in [6.45, 7) is 1.84. The lowest BCUT2D eigenvalue weighted by Crippen LogP contribution is -2.25. The Balaban J connectivity index is 1.45. The summed E-state index contributed by atoms with van der Waals surface area (Å²) < 4.78 is 18.5. The van der Waals surface area contributed by atoms with Gasteiger partial charge in [-0.05, 0) is 42.8 Å². The van der Waals surface area contributed by atoms with Gasteiger partial charge < -0.3 is 14.9 Å². The molecular formula is C22H18FN7O3. The van der Waals surface area contributed by atoms with Crippen molar-refractivity contribution in [1.82, 2.24) is 25.5 Å². The number of rotatable bonds is 6. The number of ether oxygens (including phenoxy) is 1. The van der Waals surface area contributed by atoms with E-state index < -0.39 is 17.8 Å². The van der Waals surface area contributed by atoms with E-state index in [0.717, 1.165) is 0 Å². The fourth-order valence-corrected chi connectivity index (χ4v) is 3.18. The van der Waals surface area contributed by atoms with Crippen molar-refractivity contribution in [3.8, 4) is 11.8 Å². The van der Waals surface area contributed by atoms with Crippen LogP contribution >= 0.6 is 0 Å². The maximum atomic E-state index is 13.6. The third-order valence-electron chi connectivity index (χ3n) is 4.83. The predicted molar refractivity (Wildman–Crippen MR) is 113 cm³/mol. The highest BCUT2D eigenvalue weighted by Crippen LogP contribution is 2.27. The lowest BCUT2D eigenvalue weighted by Gasteiger charge is -2.09. The fourth-order valence-electron chi connectivity index (χ4n) is 3.18. The van der Waals surface area contributed by atoms with E-state index in [9.17, 15) is 9.18 Å². The molecule has 1 amide bonds. The van der Waals surface area contributed by atoms with Gasteiger partial charge in [-0.3, -0.25) is 4.79 Å². The number of carbonyl (C=O) groups is 1. The van der Waals surface area contributed by atoms with E-state index in [-0.39, 0.29) is 23.7 Å². The molecule has 1 aromatic carbocycles. The normalized spacial score (nSPS) is 14.7. The summed E-state index contributed by atoms with van der Waals surface area (Å²) in [5, 5.41) is 23.5. The van der Waals surface area contributed by atoms with Crippen molar-refractivity contribution in [3.05, 3.63) is 76.4 Å². The third kappa shape index (κ3) is 4.90. The number of hydrogen-bond donors (Lipinski definition) is 1. The molecule has 3 heterocycles. The highest BCUT2D eigenvalue weighted by molar-refractivity contribution is 6.02. The Kier molecular flexibility index (Phi) is 6.17. The fraction of sp³-hybridized carbons (Fsp3) is 0.227. The molecule has 0 aliphatic carbocycles. The van der Waals surface area contributed by atoms with Gasteiger partial charge in [0, 0.05) is 13.0 Å². The minimum absolute atomic E-state index is 0.0997. The van der Waals surface area contributed by atoms with Gasteiger partial charge in [0.15, 0.2) is 23.4 Å². The topological polar surface area (TPSA) is 135 Å². The standard InChI is InChI=1S/C22H18FN7O3/c1-12-26-17(18-9-21(33-30-18)16-6-4-14(10-24)28-29-16)8-19(27-12)22(31)25-11-13-3-5-15(23)20(7-13)32-2/h3-8,21H,9,11H2,1-2H3,(H,25,31). The summed E-state index contributed by atoms with van der Waals surface area (Å²) in [6, 6.07) is 11.0. The molecule has 0 saturated carbocycles. The Hall–Kier alpha value is -4.46. The third-order valence-corrected chi connectivity index (χ3v) is 4.83. The molecule has 1 aliphatic heterocycles. The zero-order valence-corrected chi connectivity index (χ0v) is 17.7. The van der Waals surface area contributed by atoms with Gasteiger partial charge in [0.2, 0.25) is 0 Å². The number of aromatic nitrogens is 4. The lowest BCUT2D eigenvalue weighted by atomic mass is 10.1. The van der Waals surface area contributed by atoms with Crippen LogP contribution in [0.25, 0.3) is 0 Å². The van der Waals surface area contributed by atoms with Crippen molar-refractivity contribution in [3.63, 3.8) is 0 Å². The van der Waals surface area contributed by atoms with Gasteiger partial charge in [-0.1, -0.05) is 11.2 Å². The van der Waals surface area contributed by atoms with Crippen LogP contribution in [0.15, 0.2) is 41.6 Å². The average molecular weight is 447 g/mol. The van der Waals surface area contributed by atoms with Crippen molar-refractivity contribution in [2.75, 3.05) is 7.11 Å². The Bertz CT molecular complexity index is 1270. The largest absolute Gasteiger partial charge is 0.494 e. The van der Waals surface area contributed by atoms with Crippen molar-refractivity contribution in [1.29, 1.82) is 5.26 Å². The summed E-state index contributed by atoms with van der Waals surface area (Å²) in [4.78, 5) is 26.7. The number of halogens is 1. The number of nitrogens with zero attached hydrogens (tertiary/aromatic N) is 6. The van der Waals surface area contributed by atoms with Crippen LogP contribution in [0.1, 0.15) is 51.5 Å². The van der Waals surface area contributed by atoms with E-state index in [0.29, 0.717) is 34.9 Å². The first-order valence-corrected chi connectivity index (χ1v) is 9.90. The number of hydrogen-bond acceptors (Lipinski definition) is 9. The second kappa shape index (κ2) is 9.35. The van der Waals surface area contributed by atoms with Gasteiger partial charge in [-0.2, -0.15) is 10.4 Å². The van der Waals surface area contributed by atoms with E-state index in [2.05, 4.69) is 30.6 Å². The highest BCUT2D eigenvalue weighted by Gasteiger charge is 2.27. The summed E-state index contributed by atoms with van der Waals surface area (Å²) in [5.74, 6) is -0.402. The minimum Gasteiger partial charge on any atom is -0.494 e. The number of oxime groups is 1. The number of carbonyl (C=O) groups excluding carboxylic acids is 1. The van der Waals surface area contributed by atoms with Crippen molar-refractivity contribution in [2.45, 2.75) is 26.0 Å². The van der Waals surface area contributed by atoms with Crippen LogP contribution in [0.3, 0.4) is 0 Å². The molecule has 0 fully saturated rings. The summed E-state index contributed by atoms with van der Waals surface area (Å²) in [5.41, 5.74) is 2.57. The number of nitrogens with one attached hydrogen (secondary N) is 1. The van der Waals surface area contributed by atoms with Crippen LogP contribution in [-0.2, 0) is 11.4 Å². The Labute approximate surface area is 188 Å². The second-order valence-electron chi connectivity index (χ2n) is 7.13. The van der Waals surface area contributed by atoms with Crippen LogP contribution in [0, 0.1) is 24.1 Å². The number of aryl methyl sites for hydroxylation is 1. The quantitative estimate of drug-likeness (QED) is 0.608. The number of nitriles is 1. The van der Waals surface area contributed by atoms with E-state index in [1.54, 1.807) is 25.1 Å². The monoisotopic (exact) mass is 447 g/mol. The van der Waals surface area contributed by atoms with Crippen molar-refractivity contribution >= 4 is 11.6 Å². The Morgan fingerprint density at radius 1 is 1.27 bits per heavy atom. The van der Waals surface area contributed by atoms with Crippen molar-refractivity contribution < 1.29 is 18.8 Å². The first kappa shape index (κ1) is 21.8. The summed E-state index contributed by atoms with van der Waals surface area (Å²) in [7, 11) is 1.37. The zero-order valence-electron chi connectivity index (χ0n) is 17.7. The van der Waals surface area contributed by atoms with E-state index >= 15 is 0 Å². The van der Waals surface area contributed by atoms with E-state index in [1.165, 1.54) is 25.3 Å². The zero-order chi connectivity index (χ0) is 23.4. The molecule has 1 unspecified atom stereocenters. The number of amides is 1. The molecule has 0 saturated heterocycles. The molecule has 10 nitrogen and oxygen atoms in total. The molecule has 1 atom stereocenters. The molecule has 33 heavy (non-hydrogen) atoms. The maximum absolute atomic E-state index is 13.6. The van der Waals surface area contributed by atoms with Crippen LogP contribution in [0.2, 0.25) is 0 Å². The van der Waals surface area contributed by atoms with E-state index in [4.69, 9.17) is 14.8 Å². The summed E-state index contributed by atoms with van der Waals surface area (Å²) >= 11 is 0. The summed E-state index contributed by atoms with van der Waals surface area (Å²) in [6.07, 6.45) is -0.103. The first-order valence-electron chi connectivity index (χ1n) is 9.90. The molecule has 2 aromatic heterocycles. The van der Waals surface area contributed by atoms with Gasteiger partial charge in [0.05, 0.1) is 12.8 Å². The first-order chi connectivity index (χ1) is 16.0. The van der Waals surface area contributed by atoms with Crippen LogP contribution in [0.4, 0.5) is 4.39 Å². The Morgan fingerprint density at radius 2 is 2.12 bits per heavy atom. The predicted octanol–water partition coefficient (Wildman–Crippen LogP) is 2.39. The molecule has 3 aromatic rings. The van der Waals surface area contributed by atoms with Crippen LogP contribution in [0.5, 0.6) is 5.75 Å². The molecule has 166 valence electrons. The minimum atomic E-state index is -0.478. The smallest absolute Gasteiger partial charge is 0.270 e.